The van der Waals surface area contributed by atoms with E-state index in [1.54, 1.807) is 12.1 Å². The molecule has 0 spiro atoms. The largest absolute Gasteiger partial charge is 0.384 e. The van der Waals surface area contributed by atoms with Gasteiger partial charge in [0.15, 0.2) is 0 Å². The van der Waals surface area contributed by atoms with Crippen LogP contribution in [0, 0.1) is 12.7 Å². The highest BCUT2D eigenvalue weighted by Crippen LogP contribution is 2.30. The van der Waals surface area contributed by atoms with E-state index in [0.717, 1.165) is 10.4 Å². The summed E-state index contributed by atoms with van der Waals surface area (Å²) in [6.45, 7) is 1.90. The first-order valence-electron chi connectivity index (χ1n) is 4.76. The molecule has 0 amide bonds. The normalized spacial score (nSPS) is 12.8. The van der Waals surface area contributed by atoms with E-state index in [0.29, 0.717) is 5.02 Å². The molecule has 1 atom stereocenters. The zero-order chi connectivity index (χ0) is 11.7. The van der Waals surface area contributed by atoms with E-state index in [9.17, 15) is 9.50 Å². The van der Waals surface area contributed by atoms with E-state index in [2.05, 4.69) is 0 Å². The minimum absolute atomic E-state index is 0.255. The van der Waals surface area contributed by atoms with Crippen molar-refractivity contribution in [3.8, 4) is 0 Å². The second kappa shape index (κ2) is 4.53. The first-order valence-corrected chi connectivity index (χ1v) is 6.02. The number of benzene rings is 1. The maximum atomic E-state index is 13.6. The molecule has 1 aromatic heterocycles. The van der Waals surface area contributed by atoms with Gasteiger partial charge in [-0.1, -0.05) is 17.7 Å². The summed E-state index contributed by atoms with van der Waals surface area (Å²) in [5, 5.41) is 12.3. The molecule has 84 valence electrons. The molecule has 0 saturated heterocycles. The Balaban J connectivity index is 2.41. The molecule has 0 radical (unpaired) electrons. The molecular formula is C12H10ClFOS. The summed E-state index contributed by atoms with van der Waals surface area (Å²) in [4.78, 5) is 0.988. The third-order valence-electron chi connectivity index (χ3n) is 2.45. The molecule has 0 aliphatic heterocycles. The van der Waals surface area contributed by atoms with Gasteiger partial charge in [0.2, 0.25) is 0 Å². The fourth-order valence-corrected chi connectivity index (χ4v) is 2.46. The molecule has 16 heavy (non-hydrogen) atoms. The van der Waals surface area contributed by atoms with Gasteiger partial charge in [-0.05, 0) is 36.1 Å². The number of aliphatic hydroxyl groups excluding tert-OH is 1. The van der Waals surface area contributed by atoms with Crippen molar-refractivity contribution in [2.45, 2.75) is 13.0 Å². The predicted octanol–water partition coefficient (Wildman–Crippen LogP) is 3.93. The standard InChI is InChI=1S/C12H10ClFOS/c1-7-9(4-5-16-7)12(15)10-3-2-8(13)6-11(10)14/h2-6,12,15H,1H3. The molecular weight excluding hydrogens is 247 g/mol. The van der Waals surface area contributed by atoms with Crippen molar-refractivity contribution in [1.29, 1.82) is 0 Å². The zero-order valence-electron chi connectivity index (χ0n) is 8.58. The van der Waals surface area contributed by atoms with Crippen molar-refractivity contribution in [3.63, 3.8) is 0 Å². The van der Waals surface area contributed by atoms with E-state index >= 15 is 0 Å². The van der Waals surface area contributed by atoms with Gasteiger partial charge in [-0.3, -0.25) is 0 Å². The van der Waals surface area contributed by atoms with Crippen molar-refractivity contribution in [3.05, 3.63) is 56.5 Å². The van der Waals surface area contributed by atoms with Crippen molar-refractivity contribution in [2.24, 2.45) is 0 Å². The van der Waals surface area contributed by atoms with E-state index in [4.69, 9.17) is 11.6 Å². The van der Waals surface area contributed by atoms with Crippen LogP contribution in [0.5, 0.6) is 0 Å². The minimum Gasteiger partial charge on any atom is -0.384 e. The topological polar surface area (TPSA) is 20.2 Å². The van der Waals surface area contributed by atoms with Gasteiger partial charge in [0.25, 0.3) is 0 Å². The van der Waals surface area contributed by atoms with E-state index in [-0.39, 0.29) is 5.56 Å². The lowest BCUT2D eigenvalue weighted by Crippen LogP contribution is -2.02. The van der Waals surface area contributed by atoms with Crippen LogP contribution >= 0.6 is 22.9 Å². The first kappa shape index (κ1) is 11.6. The van der Waals surface area contributed by atoms with Gasteiger partial charge in [0.1, 0.15) is 11.9 Å². The maximum Gasteiger partial charge on any atom is 0.130 e. The Kier molecular flexibility index (Phi) is 3.28. The van der Waals surface area contributed by atoms with Crippen LogP contribution in [-0.4, -0.2) is 5.11 Å². The van der Waals surface area contributed by atoms with Crippen LogP contribution in [0.25, 0.3) is 0 Å². The number of hydrogen-bond donors (Lipinski definition) is 1. The number of rotatable bonds is 2. The summed E-state index contributed by atoms with van der Waals surface area (Å²) in [5.74, 6) is -0.481. The van der Waals surface area contributed by atoms with Crippen LogP contribution in [0.1, 0.15) is 22.1 Å². The SMILES string of the molecule is Cc1sccc1C(O)c1ccc(Cl)cc1F. The lowest BCUT2D eigenvalue weighted by Gasteiger charge is -2.12. The van der Waals surface area contributed by atoms with Gasteiger partial charge in [-0.25, -0.2) is 4.39 Å². The van der Waals surface area contributed by atoms with Gasteiger partial charge in [-0.2, -0.15) is 0 Å². The van der Waals surface area contributed by atoms with Gasteiger partial charge in [0.05, 0.1) is 0 Å². The van der Waals surface area contributed by atoms with Crippen molar-refractivity contribution in [2.75, 3.05) is 0 Å². The predicted molar refractivity (Wildman–Crippen MR) is 64.5 cm³/mol. The number of hydrogen-bond acceptors (Lipinski definition) is 2. The molecule has 2 rings (SSSR count). The second-order valence-corrected chi connectivity index (χ2v) is 5.06. The summed E-state index contributed by atoms with van der Waals surface area (Å²) in [6.07, 6.45) is -0.927. The zero-order valence-corrected chi connectivity index (χ0v) is 10.1. The summed E-state index contributed by atoms with van der Waals surface area (Å²) < 4.78 is 13.6. The third kappa shape index (κ3) is 2.12. The molecule has 1 N–H and O–H groups in total. The highest BCUT2D eigenvalue weighted by molar-refractivity contribution is 7.10. The molecule has 0 aliphatic rings. The quantitative estimate of drug-likeness (QED) is 0.863. The Labute approximate surface area is 102 Å². The average Bonchev–Trinajstić information content (AvgIpc) is 2.63. The Morgan fingerprint density at radius 1 is 1.31 bits per heavy atom. The van der Waals surface area contributed by atoms with E-state index in [1.807, 2.05) is 12.3 Å². The van der Waals surface area contributed by atoms with Crippen molar-refractivity contribution >= 4 is 22.9 Å². The monoisotopic (exact) mass is 256 g/mol. The number of aliphatic hydroxyl groups is 1. The minimum atomic E-state index is -0.927. The average molecular weight is 257 g/mol. The Morgan fingerprint density at radius 2 is 2.06 bits per heavy atom. The van der Waals surface area contributed by atoms with Crippen LogP contribution < -0.4 is 0 Å². The molecule has 1 nitrogen and oxygen atoms in total. The molecule has 4 heteroatoms. The maximum absolute atomic E-state index is 13.6. The molecule has 0 saturated carbocycles. The van der Waals surface area contributed by atoms with E-state index < -0.39 is 11.9 Å². The van der Waals surface area contributed by atoms with Gasteiger partial charge >= 0.3 is 0 Å². The molecule has 0 aliphatic carbocycles. The lowest BCUT2D eigenvalue weighted by atomic mass is 10.0. The smallest absolute Gasteiger partial charge is 0.130 e. The van der Waals surface area contributed by atoms with Crippen LogP contribution in [0.3, 0.4) is 0 Å². The number of thiophene rings is 1. The molecule has 1 unspecified atom stereocenters. The lowest BCUT2D eigenvalue weighted by molar-refractivity contribution is 0.215. The molecule has 0 bridgehead atoms. The van der Waals surface area contributed by atoms with Crippen LogP contribution in [0.2, 0.25) is 5.02 Å². The van der Waals surface area contributed by atoms with Crippen molar-refractivity contribution < 1.29 is 9.50 Å². The summed E-state index contributed by atoms with van der Waals surface area (Å²) in [6, 6.07) is 6.10. The Bertz CT molecular complexity index is 509. The number of aryl methyl sites for hydroxylation is 1. The van der Waals surface area contributed by atoms with Crippen LogP contribution in [-0.2, 0) is 0 Å². The highest BCUT2D eigenvalue weighted by atomic mass is 35.5. The van der Waals surface area contributed by atoms with Gasteiger partial charge < -0.3 is 5.11 Å². The van der Waals surface area contributed by atoms with Crippen molar-refractivity contribution in [1.82, 2.24) is 0 Å². The van der Waals surface area contributed by atoms with Crippen LogP contribution in [0.15, 0.2) is 29.6 Å². The summed E-state index contributed by atoms with van der Waals surface area (Å²) >= 11 is 7.19. The fourth-order valence-electron chi connectivity index (χ4n) is 1.57. The third-order valence-corrected chi connectivity index (χ3v) is 3.55. The Hall–Kier alpha value is -0.900. The summed E-state index contributed by atoms with van der Waals surface area (Å²) in [5.41, 5.74) is 0.997. The van der Waals surface area contributed by atoms with Crippen LogP contribution in [0.4, 0.5) is 4.39 Å². The van der Waals surface area contributed by atoms with E-state index in [1.165, 1.54) is 23.5 Å². The fraction of sp³-hybridized carbons (Fsp3) is 0.167. The molecule has 2 aromatic rings. The Morgan fingerprint density at radius 3 is 2.62 bits per heavy atom. The molecule has 1 aromatic carbocycles. The second-order valence-electron chi connectivity index (χ2n) is 3.50. The number of halogens is 2. The van der Waals surface area contributed by atoms with Gasteiger partial charge in [0, 0.05) is 15.5 Å². The first-order chi connectivity index (χ1) is 7.59. The highest BCUT2D eigenvalue weighted by Gasteiger charge is 2.17. The van der Waals surface area contributed by atoms with Gasteiger partial charge in [-0.15, -0.1) is 11.3 Å². The molecule has 1 heterocycles. The summed E-state index contributed by atoms with van der Waals surface area (Å²) in [7, 11) is 0. The molecule has 0 fully saturated rings.